The number of nitrogens with zero attached hydrogens (tertiary/aromatic N) is 1. The Morgan fingerprint density at radius 3 is 2.67 bits per heavy atom. The molecule has 2 atom stereocenters. The number of amides is 2. The van der Waals surface area contributed by atoms with Crippen LogP contribution in [0.15, 0.2) is 54.6 Å². The van der Waals surface area contributed by atoms with Crippen molar-refractivity contribution in [2.45, 2.75) is 18.9 Å². The first kappa shape index (κ1) is 19.4. The summed E-state index contributed by atoms with van der Waals surface area (Å²) in [5, 5.41) is 3.55. The Morgan fingerprint density at radius 2 is 2.00 bits per heavy atom. The molecule has 5 nitrogen and oxygen atoms in total. The number of hydrogen-bond donors (Lipinski definition) is 1. The summed E-state index contributed by atoms with van der Waals surface area (Å²) < 4.78 is 5.65. The van der Waals surface area contributed by atoms with Crippen molar-refractivity contribution in [3.05, 3.63) is 65.2 Å². The quantitative estimate of drug-likeness (QED) is 0.828. The highest BCUT2D eigenvalue weighted by molar-refractivity contribution is 6.30. The molecule has 0 saturated carbocycles. The van der Waals surface area contributed by atoms with Gasteiger partial charge in [-0.2, -0.15) is 0 Å². The molecule has 3 rings (SSSR count). The van der Waals surface area contributed by atoms with Gasteiger partial charge in [-0.05, 0) is 36.8 Å². The fraction of sp³-hybridized carbons (Fsp3) is 0.333. The van der Waals surface area contributed by atoms with Crippen molar-refractivity contribution in [3.63, 3.8) is 0 Å². The molecule has 0 aromatic heterocycles. The number of ether oxygens (including phenoxy) is 1. The third-order valence-electron chi connectivity index (χ3n) is 5.05. The molecule has 6 heteroatoms. The molecule has 2 unspecified atom stereocenters. The summed E-state index contributed by atoms with van der Waals surface area (Å²) >= 11 is 6.08. The van der Waals surface area contributed by atoms with Crippen LogP contribution in [0.4, 0.5) is 5.69 Å². The SMILES string of the molecule is COC(C)(CNC(=O)C1CC(=O)N(c2ccccc2)C1)c1cccc(Cl)c1. The lowest BCUT2D eigenvalue weighted by Crippen LogP contribution is -2.42. The molecule has 1 heterocycles. The van der Waals surface area contributed by atoms with E-state index in [1.807, 2.05) is 55.5 Å². The average molecular weight is 387 g/mol. The zero-order valence-electron chi connectivity index (χ0n) is 15.4. The number of para-hydroxylation sites is 1. The lowest BCUT2D eigenvalue weighted by Gasteiger charge is -2.29. The normalized spacial score (nSPS) is 19.0. The fourth-order valence-corrected chi connectivity index (χ4v) is 3.44. The highest BCUT2D eigenvalue weighted by atomic mass is 35.5. The second kappa shape index (κ2) is 8.11. The molecular weight excluding hydrogens is 364 g/mol. The molecule has 0 spiro atoms. The number of anilines is 1. The van der Waals surface area contributed by atoms with Gasteiger partial charge >= 0.3 is 0 Å². The number of nitrogens with one attached hydrogen (secondary N) is 1. The first-order chi connectivity index (χ1) is 12.9. The maximum atomic E-state index is 12.7. The summed E-state index contributed by atoms with van der Waals surface area (Å²) in [5.74, 6) is -0.559. The molecule has 27 heavy (non-hydrogen) atoms. The largest absolute Gasteiger partial charge is 0.372 e. The van der Waals surface area contributed by atoms with Crippen molar-refractivity contribution in [2.24, 2.45) is 5.92 Å². The molecule has 1 aliphatic rings. The smallest absolute Gasteiger partial charge is 0.227 e. The van der Waals surface area contributed by atoms with Gasteiger partial charge in [0.15, 0.2) is 0 Å². The number of rotatable bonds is 6. The van der Waals surface area contributed by atoms with Crippen molar-refractivity contribution in [1.29, 1.82) is 0 Å². The Hall–Kier alpha value is -2.37. The predicted molar refractivity (Wildman–Crippen MR) is 106 cm³/mol. The Kier molecular flexibility index (Phi) is 5.82. The maximum absolute atomic E-state index is 12.7. The lowest BCUT2D eigenvalue weighted by molar-refractivity contribution is -0.127. The summed E-state index contributed by atoms with van der Waals surface area (Å²) in [6.07, 6.45) is 0.210. The van der Waals surface area contributed by atoms with E-state index in [1.54, 1.807) is 18.1 Å². The lowest BCUT2D eigenvalue weighted by atomic mass is 9.95. The number of carbonyl (C=O) groups is 2. The van der Waals surface area contributed by atoms with E-state index in [0.717, 1.165) is 11.3 Å². The van der Waals surface area contributed by atoms with E-state index < -0.39 is 5.60 Å². The zero-order chi connectivity index (χ0) is 19.4. The topological polar surface area (TPSA) is 58.6 Å². The Morgan fingerprint density at radius 1 is 1.26 bits per heavy atom. The van der Waals surface area contributed by atoms with Gasteiger partial charge in [-0.3, -0.25) is 9.59 Å². The monoisotopic (exact) mass is 386 g/mol. The molecule has 2 aromatic carbocycles. The first-order valence-corrected chi connectivity index (χ1v) is 9.25. The number of hydrogen-bond acceptors (Lipinski definition) is 3. The van der Waals surface area contributed by atoms with Crippen LogP contribution in [-0.2, 0) is 19.9 Å². The van der Waals surface area contributed by atoms with Gasteiger partial charge in [-0.25, -0.2) is 0 Å². The zero-order valence-corrected chi connectivity index (χ0v) is 16.2. The molecule has 2 amide bonds. The van der Waals surface area contributed by atoms with Gasteiger partial charge in [-0.15, -0.1) is 0 Å². The second-order valence-corrected chi connectivity index (χ2v) is 7.34. The van der Waals surface area contributed by atoms with Crippen molar-refractivity contribution in [3.8, 4) is 0 Å². The van der Waals surface area contributed by atoms with Crippen LogP contribution in [0, 0.1) is 5.92 Å². The Bertz CT molecular complexity index is 827. The van der Waals surface area contributed by atoms with E-state index in [2.05, 4.69) is 5.32 Å². The van der Waals surface area contributed by atoms with Crippen LogP contribution in [0.5, 0.6) is 0 Å². The minimum absolute atomic E-state index is 0.0364. The molecule has 142 valence electrons. The van der Waals surface area contributed by atoms with Crippen molar-refractivity contribution in [1.82, 2.24) is 5.32 Å². The number of halogens is 1. The molecule has 0 radical (unpaired) electrons. The molecular formula is C21H23ClN2O3. The summed E-state index contributed by atoms with van der Waals surface area (Å²) in [5.41, 5.74) is 0.993. The predicted octanol–water partition coefficient (Wildman–Crippen LogP) is 3.37. The molecule has 2 aromatic rings. The van der Waals surface area contributed by atoms with Gasteiger partial charge in [0.1, 0.15) is 5.60 Å². The molecule has 1 fully saturated rings. The third kappa shape index (κ3) is 4.31. The van der Waals surface area contributed by atoms with Gasteiger partial charge in [0, 0.05) is 30.8 Å². The number of carbonyl (C=O) groups excluding carboxylic acids is 2. The van der Waals surface area contributed by atoms with Crippen LogP contribution in [0.1, 0.15) is 18.9 Å². The maximum Gasteiger partial charge on any atom is 0.227 e. The van der Waals surface area contributed by atoms with Crippen molar-refractivity contribution < 1.29 is 14.3 Å². The standard InChI is InChI=1S/C21H23ClN2O3/c1-21(27-2,16-7-6-8-17(22)12-16)14-23-20(26)15-11-19(25)24(13-15)18-9-4-3-5-10-18/h3-10,12,15H,11,13-14H2,1-2H3,(H,23,26). The summed E-state index contributed by atoms with van der Waals surface area (Å²) in [4.78, 5) is 26.6. The third-order valence-corrected chi connectivity index (χ3v) is 5.28. The van der Waals surface area contributed by atoms with Crippen LogP contribution < -0.4 is 10.2 Å². The van der Waals surface area contributed by atoms with Crippen LogP contribution in [0.3, 0.4) is 0 Å². The summed E-state index contributed by atoms with van der Waals surface area (Å²) in [6.45, 7) is 2.57. The minimum Gasteiger partial charge on any atom is -0.372 e. The van der Waals surface area contributed by atoms with Crippen molar-refractivity contribution in [2.75, 3.05) is 25.1 Å². The Labute approximate surface area is 164 Å². The molecule has 0 bridgehead atoms. The van der Waals surface area contributed by atoms with E-state index in [4.69, 9.17) is 16.3 Å². The number of methoxy groups -OCH3 is 1. The van der Waals surface area contributed by atoms with Gasteiger partial charge in [0.05, 0.1) is 12.5 Å². The molecule has 1 aliphatic heterocycles. The van der Waals surface area contributed by atoms with E-state index in [1.165, 1.54) is 0 Å². The van der Waals surface area contributed by atoms with E-state index in [9.17, 15) is 9.59 Å². The fourth-order valence-electron chi connectivity index (χ4n) is 3.25. The molecule has 1 saturated heterocycles. The van der Waals surface area contributed by atoms with Gasteiger partial charge in [-0.1, -0.05) is 41.9 Å². The highest BCUT2D eigenvalue weighted by Gasteiger charge is 2.36. The number of benzene rings is 2. The first-order valence-electron chi connectivity index (χ1n) is 8.87. The van der Waals surface area contributed by atoms with Gasteiger partial charge in [0.25, 0.3) is 0 Å². The van der Waals surface area contributed by atoms with Crippen LogP contribution in [0.2, 0.25) is 5.02 Å². The second-order valence-electron chi connectivity index (χ2n) is 6.90. The van der Waals surface area contributed by atoms with E-state index in [-0.39, 0.29) is 24.2 Å². The van der Waals surface area contributed by atoms with Gasteiger partial charge in [0.2, 0.25) is 11.8 Å². The molecule has 1 N–H and O–H groups in total. The van der Waals surface area contributed by atoms with Crippen molar-refractivity contribution >= 4 is 29.1 Å². The highest BCUT2D eigenvalue weighted by Crippen LogP contribution is 2.28. The van der Waals surface area contributed by atoms with Crippen LogP contribution >= 0.6 is 11.6 Å². The van der Waals surface area contributed by atoms with E-state index in [0.29, 0.717) is 18.1 Å². The Balaban J connectivity index is 1.64. The van der Waals surface area contributed by atoms with Crippen LogP contribution in [-0.4, -0.2) is 32.0 Å². The van der Waals surface area contributed by atoms with Crippen LogP contribution in [0.25, 0.3) is 0 Å². The minimum atomic E-state index is -0.706. The summed E-state index contributed by atoms with van der Waals surface area (Å²) in [7, 11) is 1.60. The molecule has 0 aliphatic carbocycles. The average Bonchev–Trinajstić information content (AvgIpc) is 3.08. The van der Waals surface area contributed by atoms with E-state index >= 15 is 0 Å². The summed E-state index contributed by atoms with van der Waals surface area (Å²) in [6, 6.07) is 16.8. The van der Waals surface area contributed by atoms with Gasteiger partial charge < -0.3 is 15.0 Å².